The number of carbonyl (C=O) groups is 1. The molecule has 3 heterocycles. The van der Waals surface area contributed by atoms with Crippen LogP contribution in [0.25, 0.3) is 0 Å². The molecular weight excluding hydrogens is 312 g/mol. The molecule has 0 aliphatic carbocycles. The maximum absolute atomic E-state index is 12.4. The van der Waals surface area contributed by atoms with E-state index in [1.807, 2.05) is 28.4 Å². The van der Waals surface area contributed by atoms with Crippen LogP contribution in [0.3, 0.4) is 0 Å². The van der Waals surface area contributed by atoms with Gasteiger partial charge in [-0.1, -0.05) is 6.07 Å². The van der Waals surface area contributed by atoms with Crippen molar-refractivity contribution >= 4 is 23.1 Å². The van der Waals surface area contributed by atoms with Gasteiger partial charge in [0.1, 0.15) is 0 Å². The van der Waals surface area contributed by atoms with Crippen LogP contribution < -0.4 is 14.8 Å². The van der Waals surface area contributed by atoms with E-state index in [1.165, 1.54) is 4.88 Å². The van der Waals surface area contributed by atoms with Crippen LogP contribution in [-0.4, -0.2) is 30.8 Å². The third-order valence-electron chi connectivity index (χ3n) is 4.35. The van der Waals surface area contributed by atoms with Crippen molar-refractivity contribution in [1.29, 1.82) is 0 Å². The SMILES string of the molecule is O=C(Nc1ccc2c(c1)OCO2)N1CCC(c2cccs2)CC1. The molecule has 1 fully saturated rings. The van der Waals surface area contributed by atoms with Gasteiger partial charge < -0.3 is 19.7 Å². The summed E-state index contributed by atoms with van der Waals surface area (Å²) >= 11 is 1.81. The molecule has 0 bridgehead atoms. The van der Waals surface area contributed by atoms with Gasteiger partial charge in [0.05, 0.1) is 0 Å². The number of piperidine rings is 1. The lowest BCUT2D eigenvalue weighted by atomic mass is 9.95. The number of thiophene rings is 1. The molecular formula is C17H18N2O3S. The summed E-state index contributed by atoms with van der Waals surface area (Å²) in [6.07, 6.45) is 2.05. The zero-order valence-electron chi connectivity index (χ0n) is 12.7. The lowest BCUT2D eigenvalue weighted by Crippen LogP contribution is -2.40. The number of carbonyl (C=O) groups excluding carboxylic acids is 1. The molecule has 0 radical (unpaired) electrons. The third kappa shape index (κ3) is 2.99. The predicted octanol–water partition coefficient (Wildman–Crippen LogP) is 3.89. The number of nitrogens with zero attached hydrogens (tertiary/aromatic N) is 1. The minimum Gasteiger partial charge on any atom is -0.454 e. The monoisotopic (exact) mass is 330 g/mol. The second kappa shape index (κ2) is 6.12. The first-order valence-electron chi connectivity index (χ1n) is 7.78. The molecule has 120 valence electrons. The Kier molecular flexibility index (Phi) is 3.83. The normalized spacial score (nSPS) is 17.3. The van der Waals surface area contributed by atoms with E-state index >= 15 is 0 Å². The quantitative estimate of drug-likeness (QED) is 0.909. The summed E-state index contributed by atoms with van der Waals surface area (Å²) in [6.45, 7) is 1.82. The maximum Gasteiger partial charge on any atom is 0.321 e. The van der Waals surface area contributed by atoms with Crippen molar-refractivity contribution in [2.45, 2.75) is 18.8 Å². The minimum absolute atomic E-state index is 0.0477. The molecule has 4 rings (SSSR count). The van der Waals surface area contributed by atoms with E-state index < -0.39 is 0 Å². The molecule has 0 spiro atoms. The fourth-order valence-corrected chi connectivity index (χ4v) is 3.97. The van der Waals surface area contributed by atoms with Crippen molar-refractivity contribution in [3.63, 3.8) is 0 Å². The number of fused-ring (bicyclic) bond motifs is 1. The lowest BCUT2D eigenvalue weighted by Gasteiger charge is -2.31. The summed E-state index contributed by atoms with van der Waals surface area (Å²) in [5.74, 6) is 1.99. The Balaban J connectivity index is 1.35. The number of rotatable bonds is 2. The van der Waals surface area contributed by atoms with Crippen molar-refractivity contribution in [3.8, 4) is 11.5 Å². The van der Waals surface area contributed by atoms with E-state index in [1.54, 1.807) is 6.07 Å². The highest BCUT2D eigenvalue weighted by atomic mass is 32.1. The van der Waals surface area contributed by atoms with Crippen LogP contribution >= 0.6 is 11.3 Å². The molecule has 2 aliphatic rings. The second-order valence-corrected chi connectivity index (χ2v) is 6.75. The molecule has 0 atom stereocenters. The van der Waals surface area contributed by atoms with Crippen LogP contribution in [0, 0.1) is 0 Å². The van der Waals surface area contributed by atoms with Crippen LogP contribution in [0.2, 0.25) is 0 Å². The molecule has 5 nitrogen and oxygen atoms in total. The zero-order valence-corrected chi connectivity index (χ0v) is 13.5. The molecule has 1 aromatic heterocycles. The highest BCUT2D eigenvalue weighted by Gasteiger charge is 2.24. The van der Waals surface area contributed by atoms with Crippen LogP contribution in [0.4, 0.5) is 10.5 Å². The van der Waals surface area contributed by atoms with Gasteiger partial charge in [0, 0.05) is 29.7 Å². The average molecular weight is 330 g/mol. The molecule has 23 heavy (non-hydrogen) atoms. The highest BCUT2D eigenvalue weighted by molar-refractivity contribution is 7.10. The highest BCUT2D eigenvalue weighted by Crippen LogP contribution is 2.35. The molecule has 0 unspecified atom stereocenters. The Morgan fingerprint density at radius 1 is 1.17 bits per heavy atom. The summed E-state index contributed by atoms with van der Waals surface area (Å²) in [4.78, 5) is 15.7. The van der Waals surface area contributed by atoms with E-state index in [0.29, 0.717) is 11.7 Å². The molecule has 2 aromatic rings. The van der Waals surface area contributed by atoms with E-state index in [2.05, 4.69) is 22.8 Å². The lowest BCUT2D eigenvalue weighted by molar-refractivity contribution is 0.174. The van der Waals surface area contributed by atoms with Gasteiger partial charge >= 0.3 is 6.03 Å². The standard InChI is InChI=1S/C17H18N2O3S/c20-17(18-13-3-4-14-15(10-13)22-11-21-14)19-7-5-12(6-8-19)16-2-1-9-23-16/h1-4,9-10,12H,5-8,11H2,(H,18,20). The number of ether oxygens (including phenoxy) is 2. The van der Waals surface area contributed by atoms with Gasteiger partial charge in [-0.2, -0.15) is 0 Å². The fourth-order valence-electron chi connectivity index (χ4n) is 3.07. The van der Waals surface area contributed by atoms with Crippen molar-refractivity contribution in [2.24, 2.45) is 0 Å². The first-order chi connectivity index (χ1) is 11.3. The maximum atomic E-state index is 12.4. The Bertz CT molecular complexity index is 694. The summed E-state index contributed by atoms with van der Waals surface area (Å²) < 4.78 is 10.6. The smallest absolute Gasteiger partial charge is 0.321 e. The largest absolute Gasteiger partial charge is 0.454 e. The average Bonchev–Trinajstić information content (AvgIpc) is 3.26. The number of urea groups is 1. The first kappa shape index (κ1) is 14.4. The number of hydrogen-bond acceptors (Lipinski definition) is 4. The van der Waals surface area contributed by atoms with Gasteiger partial charge in [-0.05, 0) is 42.3 Å². The molecule has 1 saturated heterocycles. The number of amides is 2. The Morgan fingerprint density at radius 2 is 2.00 bits per heavy atom. The Morgan fingerprint density at radius 3 is 2.78 bits per heavy atom. The summed E-state index contributed by atoms with van der Waals surface area (Å²) in [6, 6.07) is 9.70. The number of nitrogens with one attached hydrogen (secondary N) is 1. The van der Waals surface area contributed by atoms with Crippen molar-refractivity contribution in [3.05, 3.63) is 40.6 Å². The Labute approximate surface area is 138 Å². The minimum atomic E-state index is -0.0477. The van der Waals surface area contributed by atoms with Crippen molar-refractivity contribution in [2.75, 3.05) is 25.2 Å². The van der Waals surface area contributed by atoms with E-state index in [9.17, 15) is 4.79 Å². The van der Waals surface area contributed by atoms with Gasteiger partial charge in [-0.3, -0.25) is 0 Å². The van der Waals surface area contributed by atoms with Gasteiger partial charge in [0.2, 0.25) is 6.79 Å². The van der Waals surface area contributed by atoms with Gasteiger partial charge in [-0.25, -0.2) is 4.79 Å². The van der Waals surface area contributed by atoms with Crippen molar-refractivity contribution in [1.82, 2.24) is 4.90 Å². The molecule has 0 saturated carbocycles. The first-order valence-corrected chi connectivity index (χ1v) is 8.66. The predicted molar refractivity (Wildman–Crippen MR) is 89.5 cm³/mol. The molecule has 6 heteroatoms. The van der Waals surface area contributed by atoms with Crippen LogP contribution in [-0.2, 0) is 0 Å². The van der Waals surface area contributed by atoms with Gasteiger partial charge in [0.15, 0.2) is 11.5 Å². The van der Waals surface area contributed by atoms with Crippen LogP contribution in [0.1, 0.15) is 23.6 Å². The van der Waals surface area contributed by atoms with Crippen molar-refractivity contribution < 1.29 is 14.3 Å². The molecule has 1 aromatic carbocycles. The molecule has 2 amide bonds. The molecule has 1 N–H and O–H groups in total. The van der Waals surface area contributed by atoms with E-state index in [-0.39, 0.29) is 12.8 Å². The number of benzene rings is 1. The Hall–Kier alpha value is -2.21. The summed E-state index contributed by atoms with van der Waals surface area (Å²) in [5.41, 5.74) is 0.736. The zero-order chi connectivity index (χ0) is 15.6. The molecule has 2 aliphatic heterocycles. The summed E-state index contributed by atoms with van der Waals surface area (Å²) in [5, 5.41) is 5.06. The van der Waals surface area contributed by atoms with Crippen LogP contribution in [0.15, 0.2) is 35.7 Å². The number of anilines is 1. The van der Waals surface area contributed by atoms with Crippen LogP contribution in [0.5, 0.6) is 11.5 Å². The number of hydrogen-bond donors (Lipinski definition) is 1. The summed E-state index contributed by atoms with van der Waals surface area (Å²) in [7, 11) is 0. The van der Waals surface area contributed by atoms with E-state index in [4.69, 9.17) is 9.47 Å². The fraction of sp³-hybridized carbons (Fsp3) is 0.353. The van der Waals surface area contributed by atoms with E-state index in [0.717, 1.165) is 37.4 Å². The topological polar surface area (TPSA) is 50.8 Å². The van der Waals surface area contributed by atoms with Gasteiger partial charge in [-0.15, -0.1) is 11.3 Å². The second-order valence-electron chi connectivity index (χ2n) is 5.77. The third-order valence-corrected chi connectivity index (χ3v) is 5.39. The van der Waals surface area contributed by atoms with Gasteiger partial charge in [0.25, 0.3) is 0 Å². The number of likely N-dealkylation sites (tertiary alicyclic amines) is 1.